The quantitative estimate of drug-likeness (QED) is 0.206. The molecule has 0 bridgehead atoms. The number of anilines is 1. The van der Waals surface area contributed by atoms with Gasteiger partial charge in [0.25, 0.3) is 0 Å². The molecule has 242 valence electrons. The topological polar surface area (TPSA) is 84.6 Å². The van der Waals surface area contributed by atoms with Gasteiger partial charge in [-0.05, 0) is 73.2 Å². The molecule has 1 aliphatic heterocycles. The van der Waals surface area contributed by atoms with E-state index in [2.05, 4.69) is 75.9 Å². The van der Waals surface area contributed by atoms with Crippen molar-refractivity contribution in [2.75, 3.05) is 17.2 Å². The van der Waals surface area contributed by atoms with E-state index >= 15 is 0 Å². The number of nitrogens with zero attached hydrogens (tertiary/aromatic N) is 5. The number of amidine groups is 1. The van der Waals surface area contributed by atoms with E-state index in [1.807, 2.05) is 31.2 Å². The number of halogens is 3. The van der Waals surface area contributed by atoms with Crippen LogP contribution in [0, 0.1) is 6.92 Å². The molecule has 1 aromatic heterocycles. The molecule has 2 heterocycles. The summed E-state index contributed by atoms with van der Waals surface area (Å²) >= 11 is 1.61. The van der Waals surface area contributed by atoms with Crippen molar-refractivity contribution in [3.63, 3.8) is 0 Å². The molecule has 2 atom stereocenters. The molecule has 46 heavy (non-hydrogen) atoms. The minimum absolute atomic E-state index is 0.000534. The average molecular weight is 651 g/mol. The molecule has 0 radical (unpaired) electrons. The number of aliphatic imine (C=N–C) groups is 1. The van der Waals surface area contributed by atoms with E-state index in [1.165, 1.54) is 46.4 Å². The molecule has 0 aliphatic carbocycles. The van der Waals surface area contributed by atoms with Crippen LogP contribution in [0.2, 0.25) is 0 Å². The number of carbonyl (C=O) groups excluding carboxylic acids is 1. The first-order valence-corrected chi connectivity index (χ1v) is 16.2. The van der Waals surface area contributed by atoms with Gasteiger partial charge < -0.3 is 15.0 Å². The maximum Gasteiger partial charge on any atom is 0.573 e. The van der Waals surface area contributed by atoms with Crippen LogP contribution in [0.1, 0.15) is 62.6 Å². The number of ether oxygens (including phenoxy) is 1. The third-order valence-corrected chi connectivity index (χ3v) is 9.04. The number of alkyl halides is 3. The lowest BCUT2D eigenvalue weighted by Gasteiger charge is -2.32. The number of nitrogens with one attached hydrogen (secondary N) is 1. The summed E-state index contributed by atoms with van der Waals surface area (Å²) in [6.07, 6.45) is -2.23. The minimum atomic E-state index is -4.75. The van der Waals surface area contributed by atoms with Gasteiger partial charge in [0, 0.05) is 35.5 Å². The molecular weight excluding hydrogens is 613 g/mol. The van der Waals surface area contributed by atoms with Crippen molar-refractivity contribution in [1.29, 1.82) is 0 Å². The first kappa shape index (κ1) is 33.1. The lowest BCUT2D eigenvalue weighted by atomic mass is 9.93. The standard InChI is InChI=1S/C34H37F3N6O2S/c1-21(2)30-22(3)8-6-9-29(30)42-18-7-19-46-33(42)40-32(44)39-24(5)23(4)25-10-12-26(13-11-25)31-38-20-43(41-31)27-14-16-28(17-15-27)45-34(35,36)37/h6,8-17,20-21,23-24H,7,18-19H2,1-5H3,(H,39,44)/b40-33-. The zero-order valence-electron chi connectivity index (χ0n) is 26.4. The van der Waals surface area contributed by atoms with E-state index < -0.39 is 6.36 Å². The van der Waals surface area contributed by atoms with Crippen LogP contribution in [0.25, 0.3) is 17.1 Å². The highest BCUT2D eigenvalue weighted by Crippen LogP contribution is 2.34. The highest BCUT2D eigenvalue weighted by atomic mass is 32.2. The number of hydrogen-bond acceptors (Lipinski definition) is 5. The molecule has 2 amide bonds. The van der Waals surface area contributed by atoms with Crippen LogP contribution in [0.15, 0.2) is 78.0 Å². The summed E-state index contributed by atoms with van der Waals surface area (Å²) in [5, 5.41) is 8.26. The lowest BCUT2D eigenvalue weighted by Crippen LogP contribution is -2.39. The lowest BCUT2D eigenvalue weighted by molar-refractivity contribution is -0.274. The van der Waals surface area contributed by atoms with Crippen LogP contribution in [0.3, 0.4) is 0 Å². The third kappa shape index (κ3) is 7.90. The Morgan fingerprint density at radius 2 is 1.74 bits per heavy atom. The molecule has 2 unspecified atom stereocenters. The van der Waals surface area contributed by atoms with Crippen molar-refractivity contribution in [2.24, 2.45) is 4.99 Å². The smallest absolute Gasteiger partial charge is 0.406 e. The van der Waals surface area contributed by atoms with E-state index in [0.29, 0.717) is 17.4 Å². The maximum atomic E-state index is 13.1. The summed E-state index contributed by atoms with van der Waals surface area (Å²) in [5.74, 6) is 1.42. The van der Waals surface area contributed by atoms with Crippen LogP contribution in [0.4, 0.5) is 23.7 Å². The van der Waals surface area contributed by atoms with Crippen molar-refractivity contribution in [1.82, 2.24) is 20.1 Å². The predicted molar refractivity (Wildman–Crippen MR) is 177 cm³/mol. The van der Waals surface area contributed by atoms with Crippen molar-refractivity contribution in [3.05, 3.63) is 89.7 Å². The molecule has 1 fully saturated rings. The minimum Gasteiger partial charge on any atom is -0.406 e. The number of amides is 2. The van der Waals surface area contributed by atoms with Crippen molar-refractivity contribution in [2.45, 2.75) is 65.3 Å². The number of hydrogen-bond donors (Lipinski definition) is 1. The highest BCUT2D eigenvalue weighted by Gasteiger charge is 2.31. The van der Waals surface area contributed by atoms with Crippen molar-refractivity contribution in [3.8, 4) is 22.8 Å². The summed E-state index contributed by atoms with van der Waals surface area (Å²) in [5.41, 5.74) is 5.97. The number of thioether (sulfide) groups is 1. The molecular formula is C34H37F3N6O2S. The Balaban J connectivity index is 1.23. The Morgan fingerprint density at radius 3 is 2.41 bits per heavy atom. The number of urea groups is 1. The van der Waals surface area contributed by atoms with Gasteiger partial charge in [0.1, 0.15) is 12.1 Å². The van der Waals surface area contributed by atoms with Gasteiger partial charge in [-0.25, -0.2) is 14.5 Å². The van der Waals surface area contributed by atoms with Crippen LogP contribution in [-0.4, -0.2) is 50.7 Å². The van der Waals surface area contributed by atoms with E-state index in [1.54, 1.807) is 11.8 Å². The molecule has 0 saturated carbocycles. The fourth-order valence-corrected chi connectivity index (χ4v) is 6.46. The molecule has 1 aliphatic rings. The summed E-state index contributed by atoms with van der Waals surface area (Å²) < 4.78 is 42.8. The first-order valence-electron chi connectivity index (χ1n) is 15.2. The monoisotopic (exact) mass is 650 g/mol. The molecule has 1 N–H and O–H groups in total. The number of aryl methyl sites for hydroxylation is 1. The SMILES string of the molecule is Cc1cccc(N2CCCS/C2=N\C(=O)NC(C)C(C)c2ccc(-c3ncn(-c4ccc(OC(F)(F)F)cc4)n3)cc2)c1C(C)C. The first-order chi connectivity index (χ1) is 21.9. The zero-order valence-corrected chi connectivity index (χ0v) is 27.2. The predicted octanol–water partition coefficient (Wildman–Crippen LogP) is 8.47. The Bertz CT molecular complexity index is 1690. The molecule has 0 spiro atoms. The Kier molecular flexibility index (Phi) is 10.0. The number of carbonyl (C=O) groups is 1. The summed E-state index contributed by atoms with van der Waals surface area (Å²) in [7, 11) is 0. The van der Waals surface area contributed by atoms with Gasteiger partial charge in [0.15, 0.2) is 11.0 Å². The fraction of sp³-hybridized carbons (Fsp3) is 0.353. The molecule has 3 aromatic carbocycles. The van der Waals surface area contributed by atoms with Gasteiger partial charge in [-0.15, -0.1) is 18.3 Å². The van der Waals surface area contributed by atoms with Crippen LogP contribution >= 0.6 is 11.8 Å². The summed E-state index contributed by atoms with van der Waals surface area (Å²) in [6, 6.07) is 18.9. The number of aromatic nitrogens is 3. The van der Waals surface area contributed by atoms with Gasteiger partial charge >= 0.3 is 12.4 Å². The fourth-order valence-electron chi connectivity index (χ4n) is 5.51. The van der Waals surface area contributed by atoms with Crippen LogP contribution < -0.4 is 15.0 Å². The maximum absolute atomic E-state index is 13.1. The normalized spacial score (nSPS) is 16.0. The third-order valence-electron chi connectivity index (χ3n) is 7.98. The number of benzene rings is 3. The summed E-state index contributed by atoms with van der Waals surface area (Å²) in [4.78, 5) is 24.2. The Hall–Kier alpha value is -4.32. The van der Waals surface area contributed by atoms with Crippen LogP contribution in [0.5, 0.6) is 5.75 Å². The highest BCUT2D eigenvalue weighted by molar-refractivity contribution is 8.14. The zero-order chi connectivity index (χ0) is 33.0. The number of rotatable bonds is 8. The molecule has 12 heteroatoms. The molecule has 4 aromatic rings. The Morgan fingerprint density at radius 1 is 1.02 bits per heavy atom. The Labute approximate surface area is 271 Å². The van der Waals surface area contributed by atoms with E-state index in [4.69, 9.17) is 0 Å². The van der Waals surface area contributed by atoms with E-state index in [9.17, 15) is 18.0 Å². The van der Waals surface area contributed by atoms with Gasteiger partial charge in [-0.2, -0.15) is 4.99 Å². The molecule has 8 nitrogen and oxygen atoms in total. The van der Waals surface area contributed by atoms with Gasteiger partial charge in [0.2, 0.25) is 0 Å². The second kappa shape index (κ2) is 14.0. The van der Waals surface area contributed by atoms with Crippen molar-refractivity contribution < 1.29 is 22.7 Å². The van der Waals surface area contributed by atoms with Gasteiger partial charge in [-0.3, -0.25) is 0 Å². The van der Waals surface area contributed by atoms with Gasteiger partial charge in [0.05, 0.1) is 5.69 Å². The average Bonchev–Trinajstić information content (AvgIpc) is 3.51. The van der Waals surface area contributed by atoms with Crippen molar-refractivity contribution >= 4 is 28.6 Å². The second-order valence-electron chi connectivity index (χ2n) is 11.6. The second-order valence-corrected chi connectivity index (χ2v) is 12.7. The van der Waals surface area contributed by atoms with E-state index in [0.717, 1.165) is 40.7 Å². The largest absolute Gasteiger partial charge is 0.573 e. The molecule has 5 rings (SSSR count). The van der Waals surface area contributed by atoms with Gasteiger partial charge in [-0.1, -0.05) is 68.9 Å². The summed E-state index contributed by atoms with van der Waals surface area (Å²) in [6.45, 7) is 11.3. The van der Waals surface area contributed by atoms with E-state index in [-0.39, 0.29) is 23.7 Å². The molecule has 1 saturated heterocycles. The van der Waals surface area contributed by atoms with Crippen LogP contribution in [-0.2, 0) is 0 Å².